The summed E-state index contributed by atoms with van der Waals surface area (Å²) in [7, 11) is 0. The van der Waals surface area contributed by atoms with E-state index in [9.17, 15) is 0 Å². The molecule has 0 aromatic carbocycles. The summed E-state index contributed by atoms with van der Waals surface area (Å²) >= 11 is 0. The van der Waals surface area contributed by atoms with Crippen LogP contribution in [0.25, 0.3) is 0 Å². The average Bonchev–Trinajstić information content (AvgIpc) is 0.811. The van der Waals surface area contributed by atoms with Gasteiger partial charge >= 0.3 is 110 Å². The number of hydrogen-bond acceptors (Lipinski definition) is 2. The number of aliphatic carboxylic acids is 1. The summed E-state index contributed by atoms with van der Waals surface area (Å²) in [6, 6.07) is 0. The topological polar surface area (TPSA) is 40.1 Å². The van der Waals surface area contributed by atoms with Crippen molar-refractivity contribution >= 4 is 5.97 Å². The summed E-state index contributed by atoms with van der Waals surface area (Å²) in [5.74, 6) is -1.08. The molecule has 0 N–H and O–H groups in total. The molecule has 2 nitrogen and oxygen atoms in total. The molecule has 0 fully saturated rings. The van der Waals surface area contributed by atoms with Crippen LogP contribution in [0, 0.1) is 0 Å². The molecular formula is C2H3BrKNa2O2+. The van der Waals surface area contributed by atoms with E-state index in [4.69, 9.17) is 9.90 Å². The van der Waals surface area contributed by atoms with Crippen molar-refractivity contribution in [1.82, 2.24) is 0 Å². The normalized spacial score (nSPS) is 3.12. The monoisotopic (exact) mass is 223 g/mol. The first-order valence-corrected chi connectivity index (χ1v) is 0.908. The Balaban J connectivity index is -0.00000000750. The van der Waals surface area contributed by atoms with Crippen molar-refractivity contribution in [1.29, 1.82) is 0 Å². The second-order valence-corrected chi connectivity index (χ2v) is 0.492. The fourth-order valence-corrected chi connectivity index (χ4v) is 0. The third kappa shape index (κ3) is 54.9. The van der Waals surface area contributed by atoms with Crippen LogP contribution in [0.1, 0.15) is 6.92 Å². The Labute approximate surface area is 146 Å². The SMILES string of the molecule is CC(=O)[O-].[Br-].[K+].[Na+].[Na+]. The number of carbonyl (C=O) groups is 1. The summed E-state index contributed by atoms with van der Waals surface area (Å²) in [6.45, 7) is 0.972. The Bertz CT molecular complexity index is 41.0. The van der Waals surface area contributed by atoms with Crippen LogP contribution in [0.2, 0.25) is 0 Å². The van der Waals surface area contributed by atoms with Gasteiger partial charge in [-0.25, -0.2) is 0 Å². The predicted octanol–water partition coefficient (Wildman–Crippen LogP) is -13.2. The van der Waals surface area contributed by atoms with Gasteiger partial charge in [0.2, 0.25) is 0 Å². The van der Waals surface area contributed by atoms with Gasteiger partial charge in [0, 0.05) is 5.97 Å². The van der Waals surface area contributed by atoms with Crippen molar-refractivity contribution in [2.24, 2.45) is 0 Å². The van der Waals surface area contributed by atoms with E-state index in [-0.39, 0.29) is 127 Å². The number of halogens is 1. The first-order chi connectivity index (χ1) is 1.73. The maximum absolute atomic E-state index is 8.89. The fraction of sp³-hybridized carbons (Fsp3) is 0.500. The Hall–Kier alpha value is 3.59. The summed E-state index contributed by atoms with van der Waals surface area (Å²) < 4.78 is 0. The molecule has 8 heavy (non-hydrogen) atoms. The average molecular weight is 224 g/mol. The summed E-state index contributed by atoms with van der Waals surface area (Å²) in [6.07, 6.45) is 0. The zero-order valence-corrected chi connectivity index (χ0v) is 14.4. The summed E-state index contributed by atoms with van der Waals surface area (Å²) in [4.78, 5) is 8.89. The van der Waals surface area contributed by atoms with E-state index >= 15 is 0 Å². The van der Waals surface area contributed by atoms with Crippen molar-refractivity contribution in [3.05, 3.63) is 0 Å². The zero-order chi connectivity index (χ0) is 3.58. The van der Waals surface area contributed by atoms with E-state index in [0.29, 0.717) is 0 Å². The molecule has 0 unspecified atom stereocenters. The van der Waals surface area contributed by atoms with Gasteiger partial charge in [0.15, 0.2) is 0 Å². The third-order valence-corrected chi connectivity index (χ3v) is 0. The molecule has 6 heteroatoms. The molecular weight excluding hydrogens is 221 g/mol. The fourth-order valence-electron chi connectivity index (χ4n) is 0. The standard InChI is InChI=1S/C2H4O2.BrH.K.2Na/c1-2(3)4;;;;/h1H3,(H,3,4);1H;;;/q;;3*+1/p-2. The number of hydrogen-bond donors (Lipinski definition) is 0. The summed E-state index contributed by atoms with van der Waals surface area (Å²) in [5.41, 5.74) is 0. The Morgan fingerprint density at radius 2 is 1.38 bits per heavy atom. The van der Waals surface area contributed by atoms with Crippen molar-refractivity contribution in [2.75, 3.05) is 0 Å². The maximum Gasteiger partial charge on any atom is 1.00 e. The van der Waals surface area contributed by atoms with E-state index < -0.39 is 5.97 Å². The second kappa shape index (κ2) is 22.4. The Kier molecular flexibility index (Phi) is 83.9. The van der Waals surface area contributed by atoms with Gasteiger partial charge in [-0.15, -0.1) is 0 Å². The molecule has 0 saturated heterocycles. The van der Waals surface area contributed by atoms with E-state index in [1.807, 2.05) is 0 Å². The molecule has 0 rings (SSSR count). The van der Waals surface area contributed by atoms with Gasteiger partial charge in [0.05, 0.1) is 0 Å². The van der Waals surface area contributed by atoms with Crippen molar-refractivity contribution in [3.63, 3.8) is 0 Å². The van der Waals surface area contributed by atoms with Crippen LogP contribution in [-0.4, -0.2) is 5.97 Å². The Morgan fingerprint density at radius 1 is 1.38 bits per heavy atom. The van der Waals surface area contributed by atoms with Crippen LogP contribution >= 0.6 is 0 Å². The molecule has 0 saturated carbocycles. The Morgan fingerprint density at radius 3 is 1.38 bits per heavy atom. The molecule has 0 aliphatic heterocycles. The molecule has 0 aliphatic rings. The van der Waals surface area contributed by atoms with E-state index in [0.717, 1.165) is 6.92 Å². The van der Waals surface area contributed by atoms with Gasteiger partial charge in [-0.05, 0) is 6.92 Å². The molecule has 32 valence electrons. The molecule has 0 heterocycles. The van der Waals surface area contributed by atoms with E-state index in [1.54, 1.807) is 0 Å². The van der Waals surface area contributed by atoms with Gasteiger partial charge in [0.1, 0.15) is 0 Å². The van der Waals surface area contributed by atoms with Crippen LogP contribution in [0.4, 0.5) is 0 Å². The number of carboxylic acids is 1. The first-order valence-electron chi connectivity index (χ1n) is 0.908. The van der Waals surface area contributed by atoms with Crippen LogP contribution in [-0.2, 0) is 4.79 Å². The van der Waals surface area contributed by atoms with Crippen LogP contribution in [0.5, 0.6) is 0 Å². The predicted molar refractivity (Wildman–Crippen MR) is 10.7 cm³/mol. The minimum Gasteiger partial charge on any atom is -1.00 e. The molecule has 0 radical (unpaired) electrons. The van der Waals surface area contributed by atoms with Gasteiger partial charge in [-0.1, -0.05) is 0 Å². The van der Waals surface area contributed by atoms with Crippen LogP contribution in [0.3, 0.4) is 0 Å². The quantitative estimate of drug-likeness (QED) is 0.383. The molecule has 0 spiro atoms. The second-order valence-electron chi connectivity index (χ2n) is 0.492. The molecule has 0 aromatic rings. The van der Waals surface area contributed by atoms with Gasteiger partial charge < -0.3 is 26.9 Å². The zero-order valence-electron chi connectivity index (χ0n) is 5.69. The third-order valence-electron chi connectivity index (χ3n) is 0. The number of carbonyl (C=O) groups excluding carboxylic acids is 1. The van der Waals surface area contributed by atoms with Crippen molar-refractivity contribution in [3.8, 4) is 0 Å². The largest absolute Gasteiger partial charge is 1.00 e. The molecule has 0 amide bonds. The van der Waals surface area contributed by atoms with Gasteiger partial charge in [-0.2, -0.15) is 0 Å². The van der Waals surface area contributed by atoms with Crippen LogP contribution in [0.15, 0.2) is 0 Å². The van der Waals surface area contributed by atoms with E-state index in [2.05, 4.69) is 0 Å². The van der Waals surface area contributed by atoms with E-state index in [1.165, 1.54) is 0 Å². The minimum absolute atomic E-state index is 0. The molecule has 0 aromatic heterocycles. The smallest absolute Gasteiger partial charge is 1.00 e. The first kappa shape index (κ1) is 29.9. The molecule has 0 bridgehead atoms. The minimum atomic E-state index is -1.08. The van der Waals surface area contributed by atoms with Gasteiger partial charge in [0.25, 0.3) is 0 Å². The van der Waals surface area contributed by atoms with Crippen molar-refractivity contribution in [2.45, 2.75) is 6.92 Å². The number of carboxylic acid groups (broad SMARTS) is 1. The van der Waals surface area contributed by atoms with Gasteiger partial charge in [-0.3, -0.25) is 0 Å². The van der Waals surface area contributed by atoms with Crippen molar-refractivity contribution < 1.29 is 137 Å². The molecule has 0 aliphatic carbocycles. The van der Waals surface area contributed by atoms with Crippen LogP contribution < -0.4 is 133 Å². The summed E-state index contributed by atoms with van der Waals surface area (Å²) in [5, 5.41) is 8.89. The maximum atomic E-state index is 8.89. The number of rotatable bonds is 0. The molecule has 0 atom stereocenters.